The Morgan fingerprint density at radius 3 is 2.37 bits per heavy atom. The molecule has 0 aromatic heterocycles. The van der Waals surface area contributed by atoms with Gasteiger partial charge in [0.1, 0.15) is 17.2 Å². The average Bonchev–Trinajstić information content (AvgIpc) is 2.35. The monoisotopic (exact) mass is 262 g/mol. The number of aliphatic imine (C=N–C) groups is 1. The summed E-state index contributed by atoms with van der Waals surface area (Å²) in [5.74, 6) is 0.229. The second-order valence-electron chi connectivity index (χ2n) is 5.70. The summed E-state index contributed by atoms with van der Waals surface area (Å²) in [6.07, 6.45) is 0. The minimum atomic E-state index is -0.897. The van der Waals surface area contributed by atoms with E-state index in [9.17, 15) is 9.18 Å². The Kier molecular flexibility index (Phi) is 3.00. The lowest BCUT2D eigenvalue weighted by Gasteiger charge is -2.46. The van der Waals surface area contributed by atoms with Gasteiger partial charge in [0.05, 0.1) is 5.41 Å². The van der Waals surface area contributed by atoms with Crippen LogP contribution >= 0.6 is 0 Å². The first-order valence-electron chi connectivity index (χ1n) is 6.31. The fourth-order valence-corrected chi connectivity index (χ4v) is 2.57. The van der Waals surface area contributed by atoms with E-state index in [0.717, 1.165) is 0 Å². The molecule has 1 amide bonds. The predicted molar refractivity (Wildman–Crippen MR) is 73.4 cm³/mol. The van der Waals surface area contributed by atoms with Crippen LogP contribution in [0.1, 0.15) is 33.3 Å². The highest BCUT2D eigenvalue weighted by Crippen LogP contribution is 2.47. The third kappa shape index (κ3) is 1.78. The number of benzene rings is 1. The second kappa shape index (κ2) is 4.15. The molecule has 0 saturated heterocycles. The number of carbonyl (C=O) groups is 1. The van der Waals surface area contributed by atoms with E-state index < -0.39 is 11.0 Å². The molecule has 1 heterocycles. The Labute approximate surface area is 113 Å². The van der Waals surface area contributed by atoms with E-state index in [4.69, 9.17) is 0 Å². The molecule has 0 radical (unpaired) electrons. The van der Waals surface area contributed by atoms with Crippen molar-refractivity contribution in [2.45, 2.75) is 33.2 Å². The van der Waals surface area contributed by atoms with Gasteiger partial charge in [-0.25, -0.2) is 4.39 Å². The molecule has 1 aromatic carbocycles. The molecule has 102 valence electrons. The summed E-state index contributed by atoms with van der Waals surface area (Å²) in [6, 6.07) is 6.52. The van der Waals surface area contributed by atoms with E-state index in [-0.39, 0.29) is 11.7 Å². The minimum absolute atomic E-state index is 0.0502. The van der Waals surface area contributed by atoms with Gasteiger partial charge in [-0.15, -0.1) is 0 Å². The minimum Gasteiger partial charge on any atom is -0.303 e. The number of amides is 1. The largest absolute Gasteiger partial charge is 0.303 e. The lowest BCUT2D eigenvalue weighted by Crippen LogP contribution is -2.56. The number of nitrogens with zero attached hydrogens (tertiary/aromatic N) is 2. The highest BCUT2D eigenvalue weighted by Gasteiger charge is 2.53. The Hall–Kier alpha value is -1.71. The third-order valence-electron chi connectivity index (χ3n) is 4.33. The van der Waals surface area contributed by atoms with E-state index in [0.29, 0.717) is 11.4 Å². The van der Waals surface area contributed by atoms with E-state index in [2.05, 4.69) is 4.99 Å². The molecule has 2 rings (SSSR count). The van der Waals surface area contributed by atoms with Gasteiger partial charge in [-0.3, -0.25) is 9.79 Å². The molecule has 0 aliphatic carbocycles. The van der Waals surface area contributed by atoms with Crippen molar-refractivity contribution in [2.24, 2.45) is 10.4 Å². The van der Waals surface area contributed by atoms with Crippen LogP contribution in [0.2, 0.25) is 0 Å². The number of halogens is 1. The van der Waals surface area contributed by atoms with Crippen LogP contribution in [0.15, 0.2) is 29.3 Å². The van der Waals surface area contributed by atoms with E-state index in [1.807, 2.05) is 20.8 Å². The maximum absolute atomic E-state index is 14.1. The summed E-state index contributed by atoms with van der Waals surface area (Å²) < 4.78 is 14.1. The van der Waals surface area contributed by atoms with Gasteiger partial charge in [0.2, 0.25) is 5.91 Å². The number of amidine groups is 1. The summed E-state index contributed by atoms with van der Waals surface area (Å²) in [5.41, 5.74) is -1.24. The van der Waals surface area contributed by atoms with Crippen LogP contribution in [0.4, 0.5) is 4.39 Å². The van der Waals surface area contributed by atoms with Crippen LogP contribution < -0.4 is 0 Å². The first-order valence-corrected chi connectivity index (χ1v) is 6.31. The molecule has 1 aromatic rings. The van der Waals surface area contributed by atoms with Gasteiger partial charge in [0.25, 0.3) is 0 Å². The molecule has 19 heavy (non-hydrogen) atoms. The van der Waals surface area contributed by atoms with E-state index >= 15 is 0 Å². The SMILES string of the molecule is CC1=N[C@](C)(c2ccccc2F)C(C)(C)C(=O)N1C. The predicted octanol–water partition coefficient (Wildman–Crippen LogP) is 2.96. The normalized spacial score (nSPS) is 26.3. The molecule has 3 nitrogen and oxygen atoms in total. The molecule has 1 atom stereocenters. The van der Waals surface area contributed by atoms with E-state index in [1.165, 1.54) is 11.0 Å². The van der Waals surface area contributed by atoms with Crippen molar-refractivity contribution in [2.75, 3.05) is 7.05 Å². The molecule has 1 aliphatic rings. The van der Waals surface area contributed by atoms with Crippen molar-refractivity contribution < 1.29 is 9.18 Å². The maximum atomic E-state index is 14.1. The fourth-order valence-electron chi connectivity index (χ4n) is 2.57. The Morgan fingerprint density at radius 2 is 1.79 bits per heavy atom. The molecule has 0 bridgehead atoms. The van der Waals surface area contributed by atoms with Crippen molar-refractivity contribution in [3.63, 3.8) is 0 Å². The Bertz CT molecular complexity index is 565. The molecule has 0 N–H and O–H groups in total. The highest BCUT2D eigenvalue weighted by atomic mass is 19.1. The molecular formula is C15H19FN2O. The maximum Gasteiger partial charge on any atom is 0.236 e. The Morgan fingerprint density at radius 1 is 1.21 bits per heavy atom. The van der Waals surface area contributed by atoms with Crippen LogP contribution in [-0.4, -0.2) is 23.7 Å². The summed E-state index contributed by atoms with van der Waals surface area (Å²) >= 11 is 0. The number of hydrogen-bond acceptors (Lipinski definition) is 2. The first-order chi connectivity index (χ1) is 8.72. The zero-order valence-electron chi connectivity index (χ0n) is 12.0. The average molecular weight is 262 g/mol. The molecule has 0 fully saturated rings. The lowest BCUT2D eigenvalue weighted by atomic mass is 9.67. The van der Waals surface area contributed by atoms with Gasteiger partial charge in [-0.2, -0.15) is 0 Å². The Balaban J connectivity index is 2.71. The molecule has 0 spiro atoms. The van der Waals surface area contributed by atoms with Gasteiger partial charge >= 0.3 is 0 Å². The van der Waals surface area contributed by atoms with Crippen LogP contribution in [0.25, 0.3) is 0 Å². The van der Waals surface area contributed by atoms with Crippen LogP contribution in [0.5, 0.6) is 0 Å². The van der Waals surface area contributed by atoms with Crippen molar-refractivity contribution in [3.05, 3.63) is 35.6 Å². The van der Waals surface area contributed by atoms with Gasteiger partial charge in [-0.1, -0.05) is 18.2 Å². The summed E-state index contributed by atoms with van der Waals surface area (Å²) in [5, 5.41) is 0. The van der Waals surface area contributed by atoms with Crippen LogP contribution in [0, 0.1) is 11.2 Å². The standard InChI is InChI=1S/C15H19FN2O/c1-10-17-15(4,11-8-6-7-9-12(11)16)14(2,3)13(19)18(10)5/h6-9H,1-5H3/t15-/m1/s1. The number of hydrogen-bond donors (Lipinski definition) is 0. The fraction of sp³-hybridized carbons (Fsp3) is 0.467. The number of rotatable bonds is 1. The molecule has 4 heteroatoms. The summed E-state index contributed by atoms with van der Waals surface area (Å²) in [6.45, 7) is 7.22. The van der Waals surface area contributed by atoms with Crippen molar-refractivity contribution in [1.82, 2.24) is 4.90 Å². The van der Waals surface area contributed by atoms with E-state index in [1.54, 1.807) is 32.2 Å². The first kappa shape index (κ1) is 13.7. The van der Waals surface area contributed by atoms with Crippen molar-refractivity contribution >= 4 is 11.7 Å². The van der Waals surface area contributed by atoms with Gasteiger partial charge in [0, 0.05) is 12.6 Å². The summed E-state index contributed by atoms with van der Waals surface area (Å²) in [7, 11) is 1.70. The zero-order valence-corrected chi connectivity index (χ0v) is 12.0. The topological polar surface area (TPSA) is 32.7 Å². The highest BCUT2D eigenvalue weighted by molar-refractivity contribution is 6.02. The molecule has 0 unspecified atom stereocenters. The summed E-state index contributed by atoms with van der Waals surface area (Å²) in [4.78, 5) is 18.6. The van der Waals surface area contributed by atoms with Gasteiger partial charge in [0.15, 0.2) is 0 Å². The molecule has 1 aliphatic heterocycles. The van der Waals surface area contributed by atoms with Crippen molar-refractivity contribution in [3.8, 4) is 0 Å². The zero-order chi connectivity index (χ0) is 14.4. The quantitative estimate of drug-likeness (QED) is 0.766. The smallest absolute Gasteiger partial charge is 0.236 e. The van der Waals surface area contributed by atoms with Crippen molar-refractivity contribution in [1.29, 1.82) is 0 Å². The van der Waals surface area contributed by atoms with Crippen LogP contribution in [0.3, 0.4) is 0 Å². The molecular weight excluding hydrogens is 243 g/mol. The van der Waals surface area contributed by atoms with Crippen LogP contribution in [-0.2, 0) is 10.3 Å². The molecule has 0 saturated carbocycles. The lowest BCUT2D eigenvalue weighted by molar-refractivity contribution is -0.140. The van der Waals surface area contributed by atoms with Gasteiger partial charge < -0.3 is 4.90 Å². The third-order valence-corrected chi connectivity index (χ3v) is 4.33. The second-order valence-corrected chi connectivity index (χ2v) is 5.70. The number of carbonyl (C=O) groups excluding carboxylic acids is 1. The van der Waals surface area contributed by atoms with Gasteiger partial charge in [-0.05, 0) is 33.8 Å².